The van der Waals surface area contributed by atoms with E-state index in [1.807, 2.05) is 0 Å². The van der Waals surface area contributed by atoms with E-state index in [4.69, 9.17) is 15.2 Å². The topological polar surface area (TPSA) is 73.6 Å². The molecule has 2 aromatic rings. The number of carbonyl (C=O) groups excluding carboxylic acids is 1. The van der Waals surface area contributed by atoms with Crippen LogP contribution in [-0.2, 0) is 0 Å². The maximum atomic E-state index is 13.5. The van der Waals surface area contributed by atoms with E-state index < -0.39 is 17.5 Å². The molecule has 3 N–H and O–H groups in total. The molecule has 1 amide bonds. The van der Waals surface area contributed by atoms with Crippen LogP contribution in [0, 0.1) is 11.6 Å². The molecule has 7 heteroatoms. The van der Waals surface area contributed by atoms with Crippen LogP contribution in [0.1, 0.15) is 10.4 Å². The lowest BCUT2D eigenvalue weighted by atomic mass is 10.1. The van der Waals surface area contributed by atoms with Gasteiger partial charge in [-0.3, -0.25) is 4.79 Å². The summed E-state index contributed by atoms with van der Waals surface area (Å²) in [6, 6.07) is 5.68. The van der Waals surface area contributed by atoms with Crippen molar-refractivity contribution < 1.29 is 23.0 Å². The Hall–Kier alpha value is -2.83. The van der Waals surface area contributed by atoms with Gasteiger partial charge in [-0.05, 0) is 12.1 Å². The molecule has 0 fully saturated rings. The van der Waals surface area contributed by atoms with Gasteiger partial charge in [-0.15, -0.1) is 0 Å². The molecule has 0 saturated heterocycles. The summed E-state index contributed by atoms with van der Waals surface area (Å²) in [6.07, 6.45) is 0. The molecular weight excluding hydrogens is 282 g/mol. The van der Waals surface area contributed by atoms with Gasteiger partial charge < -0.3 is 20.5 Å². The Morgan fingerprint density at radius 3 is 2.57 bits per heavy atom. The molecule has 0 bridgehead atoms. The second-order valence-corrected chi connectivity index (χ2v) is 4.37. The number of nitrogens with one attached hydrogen (secondary N) is 1. The smallest absolute Gasteiger partial charge is 0.258 e. The number of benzene rings is 2. The molecule has 0 aromatic heterocycles. The van der Waals surface area contributed by atoms with Gasteiger partial charge in [0.25, 0.3) is 5.91 Å². The number of anilines is 2. The molecule has 0 unspecified atom stereocenters. The lowest BCUT2D eigenvalue weighted by molar-refractivity contribution is 0.102. The van der Waals surface area contributed by atoms with Crippen LogP contribution in [0.15, 0.2) is 30.3 Å². The van der Waals surface area contributed by atoms with Crippen LogP contribution < -0.4 is 20.5 Å². The number of hydrogen-bond donors (Lipinski definition) is 2. The van der Waals surface area contributed by atoms with Crippen molar-refractivity contribution in [3.05, 3.63) is 47.5 Å². The number of rotatable bonds is 2. The largest absolute Gasteiger partial charge is 0.454 e. The highest BCUT2D eigenvalue weighted by atomic mass is 19.1. The molecule has 21 heavy (non-hydrogen) atoms. The highest BCUT2D eigenvalue weighted by Gasteiger charge is 2.19. The summed E-state index contributed by atoms with van der Waals surface area (Å²) >= 11 is 0. The molecule has 0 aliphatic carbocycles. The first-order chi connectivity index (χ1) is 10.0. The third-order valence-electron chi connectivity index (χ3n) is 2.97. The van der Waals surface area contributed by atoms with Crippen molar-refractivity contribution in [1.82, 2.24) is 0 Å². The number of nitrogens with two attached hydrogens (primary N) is 1. The molecule has 3 rings (SSSR count). The number of hydrogen-bond acceptors (Lipinski definition) is 4. The first-order valence-electron chi connectivity index (χ1n) is 6.00. The zero-order valence-electron chi connectivity index (χ0n) is 10.7. The van der Waals surface area contributed by atoms with E-state index in [0.29, 0.717) is 17.6 Å². The van der Waals surface area contributed by atoms with Crippen LogP contribution in [-0.4, -0.2) is 12.7 Å². The van der Waals surface area contributed by atoms with Gasteiger partial charge in [-0.25, -0.2) is 8.78 Å². The van der Waals surface area contributed by atoms with Crippen LogP contribution in [0.5, 0.6) is 11.5 Å². The van der Waals surface area contributed by atoms with E-state index in [1.54, 1.807) is 0 Å². The molecule has 0 radical (unpaired) electrons. The maximum Gasteiger partial charge on any atom is 0.258 e. The second-order valence-electron chi connectivity index (χ2n) is 4.37. The molecule has 0 saturated carbocycles. The average molecular weight is 292 g/mol. The van der Waals surface area contributed by atoms with Crippen molar-refractivity contribution in [1.29, 1.82) is 0 Å². The van der Waals surface area contributed by atoms with Gasteiger partial charge in [-0.1, -0.05) is 0 Å². The van der Waals surface area contributed by atoms with Crippen LogP contribution in [0.2, 0.25) is 0 Å². The molecular formula is C14H10F2N2O3. The van der Waals surface area contributed by atoms with Crippen LogP contribution in [0.25, 0.3) is 0 Å². The van der Waals surface area contributed by atoms with Crippen LogP contribution in [0.4, 0.5) is 20.2 Å². The molecule has 0 atom stereocenters. The Balaban J connectivity index is 1.88. The lowest BCUT2D eigenvalue weighted by Crippen LogP contribution is -2.15. The standard InChI is InChI=1S/C14H10F2N2O3/c15-7-1-2-8(9(16)3-7)14(19)18-11-5-13-12(4-10(11)17)20-6-21-13/h1-5H,6,17H2,(H,18,19). The first kappa shape index (κ1) is 13.2. The predicted octanol–water partition coefficient (Wildman–Crippen LogP) is 2.53. The highest BCUT2D eigenvalue weighted by molar-refractivity contribution is 6.06. The summed E-state index contributed by atoms with van der Waals surface area (Å²) in [5.41, 5.74) is 6.00. The number of fused-ring (bicyclic) bond motifs is 1. The van der Waals surface area contributed by atoms with Crippen molar-refractivity contribution in [2.75, 3.05) is 17.8 Å². The number of nitrogen functional groups attached to an aromatic ring is 1. The summed E-state index contributed by atoms with van der Waals surface area (Å²) in [6.45, 7) is 0.0682. The van der Waals surface area contributed by atoms with Gasteiger partial charge >= 0.3 is 0 Å². The Kier molecular flexibility index (Phi) is 3.09. The summed E-state index contributed by atoms with van der Waals surface area (Å²) in [7, 11) is 0. The number of ether oxygens (including phenoxy) is 2. The molecule has 2 aromatic carbocycles. The minimum Gasteiger partial charge on any atom is -0.454 e. The number of halogens is 2. The SMILES string of the molecule is Nc1cc2c(cc1NC(=O)c1ccc(F)cc1F)OCO2. The van der Waals surface area contributed by atoms with Crippen molar-refractivity contribution in [3.63, 3.8) is 0 Å². The number of amides is 1. The average Bonchev–Trinajstić information content (AvgIpc) is 2.86. The van der Waals surface area contributed by atoms with Crippen molar-refractivity contribution in [2.45, 2.75) is 0 Å². The minimum absolute atomic E-state index is 0.0682. The minimum atomic E-state index is -0.952. The zero-order valence-corrected chi connectivity index (χ0v) is 10.7. The van der Waals surface area contributed by atoms with Gasteiger partial charge in [0, 0.05) is 18.2 Å². The Bertz CT molecular complexity index is 734. The second kappa shape index (κ2) is 4.93. The van der Waals surface area contributed by atoms with E-state index in [0.717, 1.165) is 12.1 Å². The molecule has 1 aliphatic heterocycles. The fraction of sp³-hybridized carbons (Fsp3) is 0.0714. The van der Waals surface area contributed by atoms with E-state index >= 15 is 0 Å². The summed E-state index contributed by atoms with van der Waals surface area (Å²) < 4.78 is 36.7. The fourth-order valence-electron chi connectivity index (χ4n) is 1.93. The van der Waals surface area contributed by atoms with Crippen molar-refractivity contribution >= 4 is 17.3 Å². The van der Waals surface area contributed by atoms with E-state index in [2.05, 4.69) is 5.32 Å². The van der Waals surface area contributed by atoms with Gasteiger partial charge in [-0.2, -0.15) is 0 Å². The van der Waals surface area contributed by atoms with Gasteiger partial charge in [0.15, 0.2) is 11.5 Å². The van der Waals surface area contributed by atoms with Gasteiger partial charge in [0.05, 0.1) is 16.9 Å². The van der Waals surface area contributed by atoms with Gasteiger partial charge in [0.2, 0.25) is 6.79 Å². The van der Waals surface area contributed by atoms with Crippen LogP contribution >= 0.6 is 0 Å². The molecule has 5 nitrogen and oxygen atoms in total. The van der Waals surface area contributed by atoms with Crippen molar-refractivity contribution in [3.8, 4) is 11.5 Å². The van der Waals surface area contributed by atoms with Gasteiger partial charge in [0.1, 0.15) is 11.6 Å². The zero-order chi connectivity index (χ0) is 15.0. The van der Waals surface area contributed by atoms with E-state index in [-0.39, 0.29) is 23.7 Å². The summed E-state index contributed by atoms with van der Waals surface area (Å²) in [4.78, 5) is 12.0. The molecule has 108 valence electrons. The van der Waals surface area contributed by atoms with Crippen molar-refractivity contribution in [2.24, 2.45) is 0 Å². The summed E-state index contributed by atoms with van der Waals surface area (Å²) in [5, 5.41) is 2.45. The lowest BCUT2D eigenvalue weighted by Gasteiger charge is -2.10. The fourth-order valence-corrected chi connectivity index (χ4v) is 1.93. The Morgan fingerprint density at radius 1 is 1.14 bits per heavy atom. The van der Waals surface area contributed by atoms with Crippen LogP contribution in [0.3, 0.4) is 0 Å². The van der Waals surface area contributed by atoms with E-state index in [9.17, 15) is 13.6 Å². The molecule has 1 aliphatic rings. The predicted molar refractivity (Wildman–Crippen MR) is 71.3 cm³/mol. The highest BCUT2D eigenvalue weighted by Crippen LogP contribution is 2.38. The Morgan fingerprint density at radius 2 is 1.86 bits per heavy atom. The maximum absolute atomic E-state index is 13.5. The van der Waals surface area contributed by atoms with E-state index in [1.165, 1.54) is 12.1 Å². The first-order valence-corrected chi connectivity index (χ1v) is 6.00. The third-order valence-corrected chi connectivity index (χ3v) is 2.97. The quantitative estimate of drug-likeness (QED) is 0.834. The third kappa shape index (κ3) is 2.45. The summed E-state index contributed by atoms with van der Waals surface area (Å²) in [5.74, 6) is -1.55. The Labute approximate surface area is 118 Å². The monoisotopic (exact) mass is 292 g/mol. The molecule has 1 heterocycles. The normalized spacial score (nSPS) is 12.3. The molecule has 0 spiro atoms. The number of carbonyl (C=O) groups is 1.